The van der Waals surface area contributed by atoms with Crippen LogP contribution in [0.25, 0.3) is 4.91 Å². The maximum absolute atomic E-state index is 13.0. The minimum absolute atomic E-state index is 0.221. The highest BCUT2D eigenvalue weighted by Crippen LogP contribution is 2.27. The molecule has 23 heavy (non-hydrogen) atoms. The molecule has 0 saturated heterocycles. The lowest BCUT2D eigenvalue weighted by atomic mass is 10.2. The lowest BCUT2D eigenvalue weighted by molar-refractivity contribution is 0.244. The molecular formula is C16H15BrFN3OS. The number of nitrogens with two attached hydrogens (primary N) is 1. The smallest absolute Gasteiger partial charge is 0.319 e. The van der Waals surface area contributed by atoms with Gasteiger partial charge in [0.1, 0.15) is 5.82 Å². The number of carbonyl (C=O) groups excluding carboxylic acids is 1. The lowest BCUT2D eigenvalue weighted by Gasteiger charge is -2.08. The summed E-state index contributed by atoms with van der Waals surface area (Å²) in [6.07, 6.45) is 1.45. The zero-order valence-electron chi connectivity index (χ0n) is 12.0. The van der Waals surface area contributed by atoms with Gasteiger partial charge >= 0.3 is 6.03 Å². The van der Waals surface area contributed by atoms with Gasteiger partial charge in [0, 0.05) is 33.4 Å². The first kappa shape index (κ1) is 17.4. The minimum atomic E-state index is -0.422. The third-order valence-corrected chi connectivity index (χ3v) is 3.84. The SMILES string of the molecule is Nc1ccc(Br)cc1/C(S)=C/NC(=O)NCc1cccc(F)c1. The van der Waals surface area contributed by atoms with Crippen LogP contribution in [0, 0.1) is 5.82 Å². The number of urea groups is 1. The molecule has 2 aromatic rings. The first-order chi connectivity index (χ1) is 11.0. The van der Waals surface area contributed by atoms with E-state index in [0.717, 1.165) is 4.47 Å². The summed E-state index contributed by atoms with van der Waals surface area (Å²) in [5, 5.41) is 5.18. The molecule has 0 heterocycles. The molecule has 120 valence electrons. The lowest BCUT2D eigenvalue weighted by Crippen LogP contribution is -2.31. The molecule has 2 amide bonds. The van der Waals surface area contributed by atoms with Gasteiger partial charge in [-0.3, -0.25) is 0 Å². The Labute approximate surface area is 147 Å². The van der Waals surface area contributed by atoms with Crippen LogP contribution in [0.1, 0.15) is 11.1 Å². The number of nitrogen functional groups attached to an aromatic ring is 1. The molecule has 0 atom stereocenters. The number of nitrogens with one attached hydrogen (secondary N) is 2. The highest BCUT2D eigenvalue weighted by atomic mass is 79.9. The molecule has 4 nitrogen and oxygen atoms in total. The second-order valence-electron chi connectivity index (χ2n) is 4.72. The summed E-state index contributed by atoms with van der Waals surface area (Å²) in [6, 6.07) is 11.0. The Bertz CT molecular complexity index is 752. The van der Waals surface area contributed by atoms with Gasteiger partial charge in [-0.2, -0.15) is 0 Å². The molecule has 4 N–H and O–H groups in total. The Hall–Kier alpha value is -1.99. The fraction of sp³-hybridized carbons (Fsp3) is 0.0625. The number of halogens is 2. The predicted molar refractivity (Wildman–Crippen MR) is 97.3 cm³/mol. The van der Waals surface area contributed by atoms with Gasteiger partial charge in [-0.15, -0.1) is 12.6 Å². The van der Waals surface area contributed by atoms with Crippen LogP contribution >= 0.6 is 28.6 Å². The third kappa shape index (κ3) is 5.30. The van der Waals surface area contributed by atoms with Crippen molar-refractivity contribution in [2.75, 3.05) is 5.73 Å². The molecule has 0 bridgehead atoms. The van der Waals surface area contributed by atoms with E-state index in [1.54, 1.807) is 24.3 Å². The van der Waals surface area contributed by atoms with Crippen LogP contribution in [-0.2, 0) is 6.54 Å². The van der Waals surface area contributed by atoms with Gasteiger partial charge in [-0.1, -0.05) is 28.1 Å². The van der Waals surface area contributed by atoms with Gasteiger partial charge in [0.2, 0.25) is 0 Å². The van der Waals surface area contributed by atoms with E-state index in [-0.39, 0.29) is 12.4 Å². The van der Waals surface area contributed by atoms with Crippen molar-refractivity contribution in [2.45, 2.75) is 6.54 Å². The molecular weight excluding hydrogens is 381 g/mol. The average molecular weight is 396 g/mol. The summed E-state index contributed by atoms with van der Waals surface area (Å²) in [4.78, 5) is 12.3. The van der Waals surface area contributed by atoms with E-state index in [1.165, 1.54) is 18.3 Å². The summed E-state index contributed by atoms with van der Waals surface area (Å²) in [7, 11) is 0. The topological polar surface area (TPSA) is 67.1 Å². The summed E-state index contributed by atoms with van der Waals surface area (Å²) in [6.45, 7) is 0.221. The van der Waals surface area contributed by atoms with Crippen LogP contribution in [0.15, 0.2) is 53.1 Å². The van der Waals surface area contributed by atoms with Gasteiger partial charge < -0.3 is 16.4 Å². The van der Waals surface area contributed by atoms with Crippen molar-refractivity contribution in [3.05, 3.63) is 70.1 Å². The molecule has 0 radical (unpaired) electrons. The fourth-order valence-electron chi connectivity index (χ4n) is 1.84. The van der Waals surface area contributed by atoms with E-state index >= 15 is 0 Å². The van der Waals surface area contributed by atoms with Gasteiger partial charge in [0.15, 0.2) is 0 Å². The zero-order valence-corrected chi connectivity index (χ0v) is 14.5. The van der Waals surface area contributed by atoms with E-state index < -0.39 is 6.03 Å². The number of hydrogen-bond donors (Lipinski definition) is 4. The summed E-state index contributed by atoms with van der Waals surface area (Å²) >= 11 is 7.69. The number of amides is 2. The Morgan fingerprint density at radius 1 is 1.30 bits per heavy atom. The summed E-state index contributed by atoms with van der Waals surface area (Å²) in [5.74, 6) is -0.340. The van der Waals surface area contributed by atoms with Crippen LogP contribution in [0.3, 0.4) is 0 Å². The third-order valence-electron chi connectivity index (χ3n) is 2.97. The molecule has 7 heteroatoms. The van der Waals surface area contributed by atoms with E-state index in [1.807, 2.05) is 6.07 Å². The standard InChI is InChI=1S/C16H15BrFN3OS/c17-11-4-5-14(19)13(7-11)15(23)9-21-16(22)20-8-10-2-1-3-12(18)6-10/h1-7,9,23H,8,19H2,(H2,20,21,22)/b15-9-. The molecule has 2 rings (SSSR count). The van der Waals surface area contributed by atoms with E-state index in [0.29, 0.717) is 21.7 Å². The van der Waals surface area contributed by atoms with Crippen molar-refractivity contribution in [3.63, 3.8) is 0 Å². The van der Waals surface area contributed by atoms with Crippen LogP contribution < -0.4 is 16.4 Å². The molecule has 0 saturated carbocycles. The number of anilines is 1. The zero-order chi connectivity index (χ0) is 16.8. The quantitative estimate of drug-likeness (QED) is 0.468. The van der Waals surface area contributed by atoms with Crippen LogP contribution in [0.4, 0.5) is 14.9 Å². The van der Waals surface area contributed by atoms with Gasteiger partial charge in [0.05, 0.1) is 0 Å². The summed E-state index contributed by atoms with van der Waals surface area (Å²) < 4.78 is 13.9. The molecule has 0 fully saturated rings. The normalized spacial score (nSPS) is 11.2. The molecule has 0 aliphatic rings. The first-order valence-corrected chi connectivity index (χ1v) is 7.93. The van der Waals surface area contributed by atoms with Crippen molar-refractivity contribution < 1.29 is 9.18 Å². The summed E-state index contributed by atoms with van der Waals surface area (Å²) in [5.41, 5.74) is 7.80. The van der Waals surface area contributed by atoms with Crippen LogP contribution in [0.2, 0.25) is 0 Å². The monoisotopic (exact) mass is 395 g/mol. The van der Waals surface area contributed by atoms with E-state index in [9.17, 15) is 9.18 Å². The first-order valence-electron chi connectivity index (χ1n) is 6.69. The number of benzene rings is 2. The molecule has 0 aliphatic heterocycles. The Morgan fingerprint density at radius 2 is 2.09 bits per heavy atom. The predicted octanol–water partition coefficient (Wildman–Crippen LogP) is 3.90. The molecule has 0 spiro atoms. The Balaban J connectivity index is 1.93. The maximum atomic E-state index is 13.0. The van der Waals surface area contributed by atoms with Crippen molar-refractivity contribution in [3.8, 4) is 0 Å². The van der Waals surface area contributed by atoms with E-state index in [2.05, 4.69) is 39.2 Å². The number of rotatable bonds is 4. The number of carbonyl (C=O) groups is 1. The minimum Gasteiger partial charge on any atom is -0.398 e. The van der Waals surface area contributed by atoms with Crippen LogP contribution in [-0.4, -0.2) is 6.03 Å². The van der Waals surface area contributed by atoms with Crippen molar-refractivity contribution >= 4 is 45.2 Å². The number of thiol groups is 1. The fourth-order valence-corrected chi connectivity index (χ4v) is 2.46. The van der Waals surface area contributed by atoms with Gasteiger partial charge in [0.25, 0.3) is 0 Å². The second kappa shape index (κ2) is 8.03. The van der Waals surface area contributed by atoms with Crippen molar-refractivity contribution in [1.29, 1.82) is 0 Å². The molecule has 0 unspecified atom stereocenters. The van der Waals surface area contributed by atoms with Crippen molar-refractivity contribution in [1.82, 2.24) is 10.6 Å². The maximum Gasteiger partial charge on any atom is 0.319 e. The van der Waals surface area contributed by atoms with Gasteiger partial charge in [-0.05, 0) is 35.9 Å². The largest absolute Gasteiger partial charge is 0.398 e. The highest BCUT2D eigenvalue weighted by molar-refractivity contribution is 9.10. The Morgan fingerprint density at radius 3 is 2.83 bits per heavy atom. The molecule has 2 aromatic carbocycles. The van der Waals surface area contributed by atoms with Gasteiger partial charge in [-0.25, -0.2) is 9.18 Å². The van der Waals surface area contributed by atoms with Crippen molar-refractivity contribution in [2.24, 2.45) is 0 Å². The number of hydrogen-bond acceptors (Lipinski definition) is 3. The van der Waals surface area contributed by atoms with Crippen LogP contribution in [0.5, 0.6) is 0 Å². The second-order valence-corrected chi connectivity index (χ2v) is 6.12. The van der Waals surface area contributed by atoms with E-state index in [4.69, 9.17) is 5.73 Å². The average Bonchev–Trinajstić information content (AvgIpc) is 2.53. The molecule has 0 aromatic heterocycles. The Kier molecular flexibility index (Phi) is 6.06. The molecule has 0 aliphatic carbocycles. The highest BCUT2D eigenvalue weighted by Gasteiger charge is 2.05.